The standard InChI is InChI=1S/C22H21ClFNO5S/c1-28-16-8-10-17(11-9-16)31(26,27)25(14-18-19(23)5-4-6-20(18)24)15-7-12-21(29-2)22(13-15)30-3/h4-13H,14H2,1-3H3. The third kappa shape index (κ3) is 4.70. The van der Waals surface area contributed by atoms with Gasteiger partial charge >= 0.3 is 0 Å². The Kier molecular flexibility index (Phi) is 6.92. The topological polar surface area (TPSA) is 65.1 Å². The molecular weight excluding hydrogens is 445 g/mol. The van der Waals surface area contributed by atoms with Crippen molar-refractivity contribution in [2.45, 2.75) is 11.4 Å². The molecule has 6 nitrogen and oxygen atoms in total. The van der Waals surface area contributed by atoms with Crippen LogP contribution in [0.25, 0.3) is 0 Å². The van der Waals surface area contributed by atoms with Gasteiger partial charge in [0.1, 0.15) is 11.6 Å². The van der Waals surface area contributed by atoms with E-state index >= 15 is 0 Å². The molecule has 0 bridgehead atoms. The van der Waals surface area contributed by atoms with Gasteiger partial charge in [-0.2, -0.15) is 0 Å². The van der Waals surface area contributed by atoms with E-state index in [0.717, 1.165) is 4.31 Å². The molecule has 0 atom stereocenters. The maximum absolute atomic E-state index is 14.5. The summed E-state index contributed by atoms with van der Waals surface area (Å²) < 4.78 is 58.4. The summed E-state index contributed by atoms with van der Waals surface area (Å²) in [6.07, 6.45) is 0. The number of benzene rings is 3. The van der Waals surface area contributed by atoms with Gasteiger partial charge in [-0.1, -0.05) is 17.7 Å². The molecule has 0 aliphatic heterocycles. The lowest BCUT2D eigenvalue weighted by Crippen LogP contribution is -2.31. The Hall–Kier alpha value is -2.97. The van der Waals surface area contributed by atoms with Crippen molar-refractivity contribution in [1.82, 2.24) is 0 Å². The quantitative estimate of drug-likeness (QED) is 0.473. The van der Waals surface area contributed by atoms with E-state index in [1.165, 1.54) is 69.9 Å². The molecule has 0 aromatic heterocycles. The largest absolute Gasteiger partial charge is 0.497 e. The monoisotopic (exact) mass is 465 g/mol. The Labute approximate surface area is 185 Å². The normalized spacial score (nSPS) is 11.1. The molecule has 3 aromatic rings. The first kappa shape index (κ1) is 22.7. The fraction of sp³-hybridized carbons (Fsp3) is 0.182. The molecule has 164 valence electrons. The van der Waals surface area contributed by atoms with Crippen LogP contribution in [0.1, 0.15) is 5.56 Å². The maximum Gasteiger partial charge on any atom is 0.264 e. The fourth-order valence-electron chi connectivity index (χ4n) is 3.00. The second kappa shape index (κ2) is 9.45. The molecule has 0 unspecified atom stereocenters. The van der Waals surface area contributed by atoms with Crippen LogP contribution in [-0.4, -0.2) is 29.7 Å². The average molecular weight is 466 g/mol. The van der Waals surface area contributed by atoms with E-state index in [9.17, 15) is 12.8 Å². The predicted octanol–water partition coefficient (Wildman–Crippen LogP) is 4.90. The number of nitrogens with zero attached hydrogens (tertiary/aromatic N) is 1. The Morgan fingerprint density at radius 2 is 1.58 bits per heavy atom. The van der Waals surface area contributed by atoms with Crippen LogP contribution in [0.15, 0.2) is 65.6 Å². The Balaban J connectivity index is 2.16. The van der Waals surface area contributed by atoms with Crippen LogP contribution in [0.2, 0.25) is 5.02 Å². The van der Waals surface area contributed by atoms with Gasteiger partial charge in [0.25, 0.3) is 10.0 Å². The van der Waals surface area contributed by atoms with Crippen LogP contribution in [0, 0.1) is 5.82 Å². The highest BCUT2D eigenvalue weighted by Gasteiger charge is 2.28. The lowest BCUT2D eigenvalue weighted by atomic mass is 10.2. The number of ether oxygens (including phenoxy) is 3. The zero-order valence-electron chi connectivity index (χ0n) is 17.1. The third-order valence-corrected chi connectivity index (χ3v) is 6.81. The average Bonchev–Trinajstić information content (AvgIpc) is 2.78. The van der Waals surface area contributed by atoms with Crippen molar-refractivity contribution in [2.24, 2.45) is 0 Å². The Bertz CT molecular complexity index is 1150. The van der Waals surface area contributed by atoms with Crippen LogP contribution < -0.4 is 18.5 Å². The van der Waals surface area contributed by atoms with Gasteiger partial charge in [0.15, 0.2) is 11.5 Å². The highest BCUT2D eigenvalue weighted by molar-refractivity contribution is 7.92. The lowest BCUT2D eigenvalue weighted by molar-refractivity contribution is 0.355. The molecule has 31 heavy (non-hydrogen) atoms. The molecule has 0 radical (unpaired) electrons. The molecule has 0 amide bonds. The predicted molar refractivity (Wildman–Crippen MR) is 117 cm³/mol. The molecule has 0 aliphatic carbocycles. The van der Waals surface area contributed by atoms with Gasteiger partial charge in [-0.05, 0) is 48.5 Å². The van der Waals surface area contributed by atoms with E-state index < -0.39 is 15.8 Å². The molecule has 3 aromatic carbocycles. The number of halogens is 2. The van der Waals surface area contributed by atoms with Gasteiger partial charge in [-0.3, -0.25) is 4.31 Å². The first-order valence-electron chi connectivity index (χ1n) is 9.13. The number of hydrogen-bond acceptors (Lipinski definition) is 5. The third-order valence-electron chi connectivity index (χ3n) is 4.67. The minimum atomic E-state index is -4.10. The van der Waals surface area contributed by atoms with Gasteiger partial charge in [0, 0.05) is 16.7 Å². The highest BCUT2D eigenvalue weighted by atomic mass is 35.5. The summed E-state index contributed by atoms with van der Waals surface area (Å²) >= 11 is 6.18. The molecule has 3 rings (SSSR count). The Morgan fingerprint density at radius 3 is 2.16 bits per heavy atom. The molecule has 0 saturated heterocycles. The minimum absolute atomic E-state index is 0.00977. The second-order valence-electron chi connectivity index (χ2n) is 6.43. The van der Waals surface area contributed by atoms with Crippen molar-refractivity contribution in [3.8, 4) is 17.2 Å². The van der Waals surface area contributed by atoms with Crippen molar-refractivity contribution in [3.63, 3.8) is 0 Å². The first-order chi connectivity index (χ1) is 14.8. The number of methoxy groups -OCH3 is 3. The van der Waals surface area contributed by atoms with Crippen LogP contribution >= 0.6 is 11.6 Å². The fourth-order valence-corrected chi connectivity index (χ4v) is 4.64. The summed E-state index contributed by atoms with van der Waals surface area (Å²) in [6.45, 7) is -0.324. The Morgan fingerprint density at radius 1 is 0.903 bits per heavy atom. The summed E-state index contributed by atoms with van der Waals surface area (Å²) in [5.74, 6) is 0.656. The van der Waals surface area contributed by atoms with Crippen molar-refractivity contribution >= 4 is 27.3 Å². The maximum atomic E-state index is 14.5. The van der Waals surface area contributed by atoms with Crippen LogP contribution in [0.3, 0.4) is 0 Å². The van der Waals surface area contributed by atoms with E-state index in [1.54, 1.807) is 12.1 Å². The van der Waals surface area contributed by atoms with Crippen LogP contribution in [-0.2, 0) is 16.6 Å². The molecule has 0 heterocycles. The van der Waals surface area contributed by atoms with E-state index in [0.29, 0.717) is 17.2 Å². The number of anilines is 1. The smallest absolute Gasteiger partial charge is 0.264 e. The van der Waals surface area contributed by atoms with E-state index in [-0.39, 0.29) is 27.7 Å². The van der Waals surface area contributed by atoms with Gasteiger partial charge in [-0.25, -0.2) is 12.8 Å². The van der Waals surface area contributed by atoms with Gasteiger partial charge < -0.3 is 14.2 Å². The van der Waals surface area contributed by atoms with Crippen molar-refractivity contribution in [3.05, 3.63) is 77.1 Å². The zero-order chi connectivity index (χ0) is 22.6. The SMILES string of the molecule is COc1ccc(S(=O)(=O)N(Cc2c(F)cccc2Cl)c2ccc(OC)c(OC)c2)cc1. The van der Waals surface area contributed by atoms with Gasteiger partial charge in [-0.15, -0.1) is 0 Å². The summed E-state index contributed by atoms with van der Waals surface area (Å²) in [6, 6.07) is 14.8. The summed E-state index contributed by atoms with van der Waals surface area (Å²) in [4.78, 5) is 0.00977. The van der Waals surface area contributed by atoms with E-state index in [1.807, 2.05) is 0 Å². The highest BCUT2D eigenvalue weighted by Crippen LogP contribution is 2.36. The lowest BCUT2D eigenvalue weighted by Gasteiger charge is -2.26. The van der Waals surface area contributed by atoms with E-state index in [2.05, 4.69) is 0 Å². The molecular formula is C22H21ClFNO5S. The second-order valence-corrected chi connectivity index (χ2v) is 8.70. The van der Waals surface area contributed by atoms with Crippen LogP contribution in [0.5, 0.6) is 17.2 Å². The summed E-state index contributed by atoms with van der Waals surface area (Å²) in [5.41, 5.74) is 0.309. The zero-order valence-corrected chi connectivity index (χ0v) is 18.7. The first-order valence-corrected chi connectivity index (χ1v) is 10.9. The molecule has 0 N–H and O–H groups in total. The van der Waals surface area contributed by atoms with Crippen molar-refractivity contribution in [2.75, 3.05) is 25.6 Å². The number of hydrogen-bond donors (Lipinski definition) is 0. The minimum Gasteiger partial charge on any atom is -0.497 e. The molecule has 9 heteroatoms. The summed E-state index contributed by atoms with van der Waals surface area (Å²) in [7, 11) is 0.303. The van der Waals surface area contributed by atoms with Gasteiger partial charge in [0.05, 0.1) is 38.5 Å². The molecule has 0 fully saturated rings. The van der Waals surface area contributed by atoms with Crippen molar-refractivity contribution < 1.29 is 27.0 Å². The molecule has 0 saturated carbocycles. The summed E-state index contributed by atoms with van der Waals surface area (Å²) in [5, 5.41) is 0.121. The van der Waals surface area contributed by atoms with Crippen LogP contribution in [0.4, 0.5) is 10.1 Å². The number of sulfonamides is 1. The number of rotatable bonds is 8. The van der Waals surface area contributed by atoms with Gasteiger partial charge in [0.2, 0.25) is 0 Å². The van der Waals surface area contributed by atoms with E-state index in [4.69, 9.17) is 25.8 Å². The molecule has 0 aliphatic rings. The molecule has 0 spiro atoms. The van der Waals surface area contributed by atoms with Crippen molar-refractivity contribution in [1.29, 1.82) is 0 Å².